The Hall–Kier alpha value is -0.940. The van der Waals surface area contributed by atoms with Crippen molar-refractivity contribution in [2.75, 3.05) is 5.75 Å². The van der Waals surface area contributed by atoms with E-state index < -0.39 is 0 Å². The van der Waals surface area contributed by atoms with E-state index in [-0.39, 0.29) is 4.75 Å². The molecule has 0 aliphatic carbocycles. The van der Waals surface area contributed by atoms with Gasteiger partial charge in [-0.1, -0.05) is 23.8 Å². The Morgan fingerprint density at radius 1 is 1.44 bits per heavy atom. The summed E-state index contributed by atoms with van der Waals surface area (Å²) in [5.74, 6) is 1.14. The molecule has 0 aromatic heterocycles. The standard InChI is InChI=1S/C14H17NS/c1-11-4-5-12(2)13(8-11)9-14(10-15)6-3-7-16-14/h4-5,8H,3,6-7,9H2,1-2H3. The van der Waals surface area contributed by atoms with Crippen LogP contribution in [-0.4, -0.2) is 10.5 Å². The molecule has 0 amide bonds. The van der Waals surface area contributed by atoms with Crippen molar-refractivity contribution in [2.24, 2.45) is 0 Å². The maximum atomic E-state index is 9.37. The third kappa shape index (κ3) is 2.25. The molecule has 0 radical (unpaired) electrons. The summed E-state index contributed by atoms with van der Waals surface area (Å²) >= 11 is 1.84. The van der Waals surface area contributed by atoms with E-state index in [1.54, 1.807) is 0 Å². The van der Waals surface area contributed by atoms with Crippen LogP contribution in [-0.2, 0) is 6.42 Å². The first-order chi connectivity index (χ1) is 7.65. The highest BCUT2D eigenvalue weighted by Crippen LogP contribution is 2.40. The van der Waals surface area contributed by atoms with Crippen molar-refractivity contribution in [1.82, 2.24) is 0 Å². The lowest BCUT2D eigenvalue weighted by Crippen LogP contribution is -2.22. The first-order valence-corrected chi connectivity index (χ1v) is 6.75. The van der Waals surface area contributed by atoms with Crippen LogP contribution >= 0.6 is 11.8 Å². The van der Waals surface area contributed by atoms with Crippen LogP contribution in [0.15, 0.2) is 18.2 Å². The largest absolute Gasteiger partial charge is 0.197 e. The minimum Gasteiger partial charge on any atom is -0.197 e. The zero-order chi connectivity index (χ0) is 11.6. The highest BCUT2D eigenvalue weighted by atomic mass is 32.2. The molecule has 1 saturated heterocycles. The van der Waals surface area contributed by atoms with E-state index in [0.29, 0.717) is 0 Å². The van der Waals surface area contributed by atoms with Gasteiger partial charge in [0, 0.05) is 6.42 Å². The highest BCUT2D eigenvalue weighted by molar-refractivity contribution is 8.01. The molecule has 1 aromatic carbocycles. The maximum Gasteiger partial charge on any atom is 0.106 e. The summed E-state index contributed by atoms with van der Waals surface area (Å²) in [7, 11) is 0. The molecule has 0 N–H and O–H groups in total. The molecule has 0 spiro atoms. The quantitative estimate of drug-likeness (QED) is 0.776. The molecule has 1 aliphatic rings. The fourth-order valence-electron chi connectivity index (χ4n) is 2.26. The first kappa shape index (κ1) is 11.5. The second-order valence-electron chi connectivity index (χ2n) is 4.66. The lowest BCUT2D eigenvalue weighted by molar-refractivity contribution is 0.670. The molecule has 0 bridgehead atoms. The summed E-state index contributed by atoms with van der Waals surface area (Å²) in [6.45, 7) is 4.25. The highest BCUT2D eigenvalue weighted by Gasteiger charge is 2.35. The van der Waals surface area contributed by atoms with Gasteiger partial charge in [-0.2, -0.15) is 5.26 Å². The van der Waals surface area contributed by atoms with Gasteiger partial charge in [0.25, 0.3) is 0 Å². The average Bonchev–Trinajstić information content (AvgIpc) is 2.73. The van der Waals surface area contributed by atoms with E-state index in [1.165, 1.54) is 23.1 Å². The summed E-state index contributed by atoms with van der Waals surface area (Å²) in [5, 5.41) is 9.37. The van der Waals surface area contributed by atoms with Crippen molar-refractivity contribution >= 4 is 11.8 Å². The minimum absolute atomic E-state index is 0.154. The molecule has 1 fully saturated rings. The molecule has 1 aliphatic heterocycles. The molecule has 84 valence electrons. The fraction of sp³-hybridized carbons (Fsp3) is 0.500. The summed E-state index contributed by atoms with van der Waals surface area (Å²) in [4.78, 5) is 0. The number of benzene rings is 1. The number of hydrogen-bond acceptors (Lipinski definition) is 2. The first-order valence-electron chi connectivity index (χ1n) is 5.77. The van der Waals surface area contributed by atoms with E-state index >= 15 is 0 Å². The molecule has 1 aromatic rings. The topological polar surface area (TPSA) is 23.8 Å². The maximum absolute atomic E-state index is 9.37. The summed E-state index contributed by atoms with van der Waals surface area (Å²) in [5.41, 5.74) is 3.94. The van der Waals surface area contributed by atoms with Crippen molar-refractivity contribution in [2.45, 2.75) is 37.9 Å². The molecule has 2 rings (SSSR count). The van der Waals surface area contributed by atoms with Crippen molar-refractivity contribution in [3.8, 4) is 6.07 Å². The van der Waals surface area contributed by atoms with E-state index in [4.69, 9.17) is 0 Å². The molecular weight excluding hydrogens is 214 g/mol. The zero-order valence-corrected chi connectivity index (χ0v) is 10.7. The molecule has 1 heterocycles. The molecule has 16 heavy (non-hydrogen) atoms. The molecule has 1 nitrogen and oxygen atoms in total. The van der Waals surface area contributed by atoms with Gasteiger partial charge < -0.3 is 0 Å². The van der Waals surface area contributed by atoms with Gasteiger partial charge in [-0.05, 0) is 43.6 Å². The lowest BCUT2D eigenvalue weighted by atomic mass is 9.92. The van der Waals surface area contributed by atoms with Crippen LogP contribution in [0, 0.1) is 25.2 Å². The Bertz CT molecular complexity index is 425. The number of rotatable bonds is 2. The third-order valence-corrected chi connectivity index (χ3v) is 4.77. The number of hydrogen-bond donors (Lipinski definition) is 0. The Morgan fingerprint density at radius 2 is 2.25 bits per heavy atom. The monoisotopic (exact) mass is 231 g/mol. The van der Waals surface area contributed by atoms with Crippen LogP contribution in [0.3, 0.4) is 0 Å². The van der Waals surface area contributed by atoms with Crippen molar-refractivity contribution in [3.63, 3.8) is 0 Å². The van der Waals surface area contributed by atoms with Crippen LogP contribution in [0.2, 0.25) is 0 Å². The van der Waals surface area contributed by atoms with Crippen LogP contribution in [0.4, 0.5) is 0 Å². The Kier molecular flexibility index (Phi) is 3.25. The van der Waals surface area contributed by atoms with Crippen LogP contribution in [0.5, 0.6) is 0 Å². The normalized spacial score (nSPS) is 24.3. The lowest BCUT2D eigenvalue weighted by Gasteiger charge is -2.20. The second-order valence-corrected chi connectivity index (χ2v) is 6.14. The molecule has 2 heteroatoms. The Morgan fingerprint density at radius 3 is 2.88 bits per heavy atom. The van der Waals surface area contributed by atoms with Gasteiger partial charge in [0.2, 0.25) is 0 Å². The van der Waals surface area contributed by atoms with Gasteiger partial charge in [-0.3, -0.25) is 0 Å². The van der Waals surface area contributed by atoms with Crippen molar-refractivity contribution < 1.29 is 0 Å². The van der Waals surface area contributed by atoms with Gasteiger partial charge in [0.1, 0.15) is 4.75 Å². The average molecular weight is 231 g/mol. The van der Waals surface area contributed by atoms with E-state index in [1.807, 2.05) is 11.8 Å². The smallest absolute Gasteiger partial charge is 0.106 e. The number of nitriles is 1. The minimum atomic E-state index is -0.154. The molecule has 1 unspecified atom stereocenters. The second kappa shape index (κ2) is 4.51. The summed E-state index contributed by atoms with van der Waals surface area (Å²) in [6.07, 6.45) is 3.13. The number of nitrogens with zero attached hydrogens (tertiary/aromatic N) is 1. The van der Waals surface area contributed by atoms with Gasteiger partial charge in [0.15, 0.2) is 0 Å². The Balaban J connectivity index is 2.26. The number of thioether (sulfide) groups is 1. The molecule has 0 saturated carbocycles. The van der Waals surface area contributed by atoms with Gasteiger partial charge >= 0.3 is 0 Å². The van der Waals surface area contributed by atoms with Gasteiger partial charge in [-0.15, -0.1) is 11.8 Å². The Labute approximate surface area is 102 Å². The summed E-state index contributed by atoms with van der Waals surface area (Å²) in [6, 6.07) is 9.07. The van der Waals surface area contributed by atoms with Gasteiger partial charge in [0.05, 0.1) is 6.07 Å². The van der Waals surface area contributed by atoms with Crippen LogP contribution < -0.4 is 0 Å². The predicted molar refractivity (Wildman–Crippen MR) is 69.7 cm³/mol. The van der Waals surface area contributed by atoms with Crippen LogP contribution in [0.25, 0.3) is 0 Å². The third-order valence-electron chi connectivity index (χ3n) is 3.29. The van der Waals surface area contributed by atoms with E-state index in [9.17, 15) is 5.26 Å². The summed E-state index contributed by atoms with van der Waals surface area (Å²) < 4.78 is -0.154. The fourth-order valence-corrected chi connectivity index (χ4v) is 3.55. The molecular formula is C14H17NS. The van der Waals surface area contributed by atoms with Crippen molar-refractivity contribution in [3.05, 3.63) is 34.9 Å². The zero-order valence-electron chi connectivity index (χ0n) is 9.92. The van der Waals surface area contributed by atoms with Crippen molar-refractivity contribution in [1.29, 1.82) is 5.26 Å². The predicted octanol–water partition coefficient (Wildman–Crippen LogP) is 3.64. The van der Waals surface area contributed by atoms with Crippen LogP contribution in [0.1, 0.15) is 29.5 Å². The SMILES string of the molecule is Cc1ccc(C)c(CC2(C#N)CCCS2)c1. The molecule has 1 atom stereocenters. The van der Waals surface area contributed by atoms with E-state index in [0.717, 1.165) is 18.6 Å². The van der Waals surface area contributed by atoms with E-state index in [2.05, 4.69) is 38.1 Å². The van der Waals surface area contributed by atoms with Gasteiger partial charge in [-0.25, -0.2) is 0 Å². The number of aryl methyl sites for hydroxylation is 2.